The summed E-state index contributed by atoms with van der Waals surface area (Å²) in [4.78, 5) is 12.0. The van der Waals surface area contributed by atoms with Crippen molar-refractivity contribution >= 4 is 40.5 Å². The van der Waals surface area contributed by atoms with Gasteiger partial charge in [-0.15, -0.1) is 0 Å². The molecule has 0 heterocycles. The Morgan fingerprint density at radius 3 is 2.44 bits per heavy atom. The summed E-state index contributed by atoms with van der Waals surface area (Å²) in [7, 11) is 3.03. The van der Waals surface area contributed by atoms with Crippen molar-refractivity contribution in [3.63, 3.8) is 0 Å². The highest BCUT2D eigenvalue weighted by atomic mass is 35.5. The summed E-state index contributed by atoms with van der Waals surface area (Å²) in [6, 6.07) is 7.32. The van der Waals surface area contributed by atoms with Crippen LogP contribution in [0.2, 0.25) is 10.0 Å². The third kappa shape index (κ3) is 5.14. The number of benzene rings is 2. The van der Waals surface area contributed by atoms with Gasteiger partial charge in [-0.3, -0.25) is 4.79 Å². The summed E-state index contributed by atoms with van der Waals surface area (Å²) in [5.41, 5.74) is 1.09. The Balaban J connectivity index is 1.93. The van der Waals surface area contributed by atoms with Crippen molar-refractivity contribution in [3.8, 4) is 11.5 Å². The van der Waals surface area contributed by atoms with Crippen LogP contribution in [0.3, 0.4) is 0 Å². The molecule has 0 fully saturated rings. The minimum absolute atomic E-state index is 0.0473. The van der Waals surface area contributed by atoms with Gasteiger partial charge < -0.3 is 20.1 Å². The van der Waals surface area contributed by atoms with E-state index in [0.717, 1.165) is 0 Å². The van der Waals surface area contributed by atoms with E-state index in [2.05, 4.69) is 10.6 Å². The van der Waals surface area contributed by atoms with Crippen molar-refractivity contribution in [2.45, 2.75) is 6.42 Å². The average Bonchev–Trinajstić information content (AvgIpc) is 2.59. The summed E-state index contributed by atoms with van der Waals surface area (Å²) < 4.78 is 23.5. The number of anilines is 2. The molecule has 0 saturated carbocycles. The fourth-order valence-corrected chi connectivity index (χ4v) is 2.52. The van der Waals surface area contributed by atoms with E-state index < -0.39 is 5.82 Å². The van der Waals surface area contributed by atoms with E-state index in [1.54, 1.807) is 12.1 Å². The van der Waals surface area contributed by atoms with E-state index in [1.165, 1.54) is 32.4 Å². The lowest BCUT2D eigenvalue weighted by molar-refractivity contribution is -0.115. The lowest BCUT2D eigenvalue weighted by atomic mass is 10.2. The second kappa shape index (κ2) is 8.78. The molecule has 25 heavy (non-hydrogen) atoms. The highest BCUT2D eigenvalue weighted by molar-refractivity contribution is 6.32. The fourth-order valence-electron chi connectivity index (χ4n) is 2.11. The largest absolute Gasteiger partial charge is 0.495 e. The second-order valence-electron chi connectivity index (χ2n) is 5.04. The zero-order valence-corrected chi connectivity index (χ0v) is 15.2. The predicted molar refractivity (Wildman–Crippen MR) is 97.7 cm³/mol. The van der Waals surface area contributed by atoms with Crippen molar-refractivity contribution in [2.24, 2.45) is 0 Å². The molecule has 1 amide bonds. The van der Waals surface area contributed by atoms with Crippen molar-refractivity contribution in [3.05, 3.63) is 46.2 Å². The van der Waals surface area contributed by atoms with Crippen LogP contribution >= 0.6 is 23.2 Å². The Morgan fingerprint density at radius 2 is 1.80 bits per heavy atom. The van der Waals surface area contributed by atoms with Crippen LogP contribution in [-0.2, 0) is 4.79 Å². The average molecular weight is 387 g/mol. The molecule has 2 aromatic carbocycles. The molecule has 0 aliphatic heterocycles. The summed E-state index contributed by atoms with van der Waals surface area (Å²) in [5.74, 6) is 0.257. The normalized spacial score (nSPS) is 10.3. The number of carbonyl (C=O) groups is 1. The lowest BCUT2D eigenvalue weighted by Crippen LogP contribution is -2.16. The van der Waals surface area contributed by atoms with Crippen LogP contribution < -0.4 is 20.1 Å². The molecule has 0 aromatic heterocycles. The summed E-state index contributed by atoms with van der Waals surface area (Å²) in [6.45, 7) is 0.349. The molecule has 8 heteroatoms. The van der Waals surface area contributed by atoms with Crippen molar-refractivity contribution < 1.29 is 18.7 Å². The quantitative estimate of drug-likeness (QED) is 0.730. The predicted octanol–water partition coefficient (Wildman–Crippen LogP) is 4.59. The Bertz CT molecular complexity index is 772. The molecule has 0 spiro atoms. The monoisotopic (exact) mass is 386 g/mol. The van der Waals surface area contributed by atoms with E-state index in [0.29, 0.717) is 34.4 Å². The van der Waals surface area contributed by atoms with Crippen molar-refractivity contribution in [1.82, 2.24) is 0 Å². The number of hydrogen-bond donors (Lipinski definition) is 2. The highest BCUT2D eigenvalue weighted by Gasteiger charge is 2.11. The number of rotatable bonds is 7. The first kappa shape index (κ1) is 19.1. The maximum atomic E-state index is 13.1. The molecule has 0 aliphatic rings. The molecule has 2 aromatic rings. The van der Waals surface area contributed by atoms with Gasteiger partial charge in [0.25, 0.3) is 0 Å². The van der Waals surface area contributed by atoms with Crippen LogP contribution in [0.1, 0.15) is 6.42 Å². The minimum atomic E-state index is -0.537. The first-order chi connectivity index (χ1) is 11.9. The minimum Gasteiger partial charge on any atom is -0.495 e. The molecular formula is C17H17Cl2FN2O3. The number of hydrogen-bond acceptors (Lipinski definition) is 4. The van der Waals surface area contributed by atoms with E-state index in [4.69, 9.17) is 32.7 Å². The molecule has 0 unspecified atom stereocenters. The van der Waals surface area contributed by atoms with Crippen molar-refractivity contribution in [1.29, 1.82) is 0 Å². The Labute approximate surface area is 155 Å². The molecule has 0 radical (unpaired) electrons. The SMILES string of the molecule is COc1cc(NCCC(=O)Nc2ccc(F)c(Cl)c2)c(OC)cc1Cl. The first-order valence-corrected chi connectivity index (χ1v) is 8.10. The van der Waals surface area contributed by atoms with Crippen LogP contribution in [0.5, 0.6) is 11.5 Å². The zero-order chi connectivity index (χ0) is 18.4. The molecule has 5 nitrogen and oxygen atoms in total. The summed E-state index contributed by atoms with van der Waals surface area (Å²) in [5, 5.41) is 6.12. The topological polar surface area (TPSA) is 59.6 Å². The van der Waals surface area contributed by atoms with Crippen molar-refractivity contribution in [2.75, 3.05) is 31.4 Å². The molecule has 0 saturated heterocycles. The molecule has 2 N–H and O–H groups in total. The number of halogens is 3. The first-order valence-electron chi connectivity index (χ1n) is 7.35. The van der Waals surface area contributed by atoms with E-state index in [-0.39, 0.29) is 17.4 Å². The second-order valence-corrected chi connectivity index (χ2v) is 5.86. The molecule has 134 valence electrons. The smallest absolute Gasteiger partial charge is 0.226 e. The molecule has 2 rings (SSSR count). The fraction of sp³-hybridized carbons (Fsp3) is 0.235. The summed E-state index contributed by atoms with van der Waals surface area (Å²) in [6.07, 6.45) is 0.184. The summed E-state index contributed by atoms with van der Waals surface area (Å²) >= 11 is 11.7. The number of carbonyl (C=O) groups excluding carboxylic acids is 1. The molecule has 0 atom stereocenters. The van der Waals surface area contributed by atoms with E-state index in [9.17, 15) is 9.18 Å². The number of amides is 1. The van der Waals surface area contributed by atoms with Crippen LogP contribution in [0.15, 0.2) is 30.3 Å². The third-order valence-corrected chi connectivity index (χ3v) is 3.93. The van der Waals surface area contributed by atoms with Gasteiger partial charge in [0.1, 0.15) is 17.3 Å². The van der Waals surface area contributed by atoms with Crippen LogP contribution in [0, 0.1) is 5.82 Å². The third-order valence-electron chi connectivity index (χ3n) is 3.34. The number of nitrogens with one attached hydrogen (secondary N) is 2. The number of ether oxygens (including phenoxy) is 2. The van der Waals surface area contributed by atoms with Gasteiger partial charge in [-0.2, -0.15) is 0 Å². The van der Waals surface area contributed by atoms with E-state index >= 15 is 0 Å². The molecule has 0 bridgehead atoms. The maximum absolute atomic E-state index is 13.1. The lowest BCUT2D eigenvalue weighted by Gasteiger charge is -2.14. The Morgan fingerprint density at radius 1 is 1.08 bits per heavy atom. The van der Waals surface area contributed by atoms with Gasteiger partial charge in [-0.25, -0.2) is 4.39 Å². The van der Waals surface area contributed by atoms with Gasteiger partial charge in [0.05, 0.1) is 30.0 Å². The molecular weight excluding hydrogens is 370 g/mol. The van der Waals surface area contributed by atoms with Gasteiger partial charge in [0.2, 0.25) is 5.91 Å². The van der Waals surface area contributed by atoms with Gasteiger partial charge in [0.15, 0.2) is 0 Å². The van der Waals surface area contributed by atoms with Gasteiger partial charge in [-0.1, -0.05) is 23.2 Å². The maximum Gasteiger partial charge on any atom is 0.226 e. The van der Waals surface area contributed by atoms with Gasteiger partial charge >= 0.3 is 0 Å². The van der Waals surface area contributed by atoms with Crippen LogP contribution in [-0.4, -0.2) is 26.7 Å². The highest BCUT2D eigenvalue weighted by Crippen LogP contribution is 2.35. The van der Waals surface area contributed by atoms with E-state index in [1.807, 2.05) is 0 Å². The van der Waals surface area contributed by atoms with Crippen LogP contribution in [0.4, 0.5) is 15.8 Å². The molecule has 0 aliphatic carbocycles. The van der Waals surface area contributed by atoms with Gasteiger partial charge in [0, 0.05) is 30.8 Å². The Kier molecular flexibility index (Phi) is 6.73. The zero-order valence-electron chi connectivity index (χ0n) is 13.7. The Hall–Kier alpha value is -2.18. The van der Waals surface area contributed by atoms with Crippen LogP contribution in [0.25, 0.3) is 0 Å². The van der Waals surface area contributed by atoms with Gasteiger partial charge in [-0.05, 0) is 18.2 Å². The standard InChI is InChI=1S/C17H17Cl2FN2O3/c1-24-15-9-14(16(25-2)8-12(15)19)21-6-5-17(23)22-10-3-4-13(20)11(18)7-10/h3-4,7-9,21H,5-6H2,1-2H3,(H,22,23). The number of methoxy groups -OCH3 is 2.